The molecule has 2 aromatic heterocycles. The smallest absolute Gasteiger partial charge is 0.252 e. The first-order valence-electron chi connectivity index (χ1n) is 16.2. The number of aromatic nitrogens is 2. The van der Waals surface area contributed by atoms with Gasteiger partial charge in [0.1, 0.15) is 11.9 Å². The summed E-state index contributed by atoms with van der Waals surface area (Å²) in [6.07, 6.45) is 6.96. The Kier molecular flexibility index (Phi) is 11.6. The monoisotopic (exact) mass is 593 g/mol. The summed E-state index contributed by atoms with van der Waals surface area (Å²) in [7, 11) is 0. The summed E-state index contributed by atoms with van der Waals surface area (Å²) in [5, 5.41) is 5.22. The second-order valence-corrected chi connectivity index (χ2v) is 13.2. The van der Waals surface area contributed by atoms with Gasteiger partial charge in [-0.1, -0.05) is 54.0 Å². The maximum atomic E-state index is 13.7. The van der Waals surface area contributed by atoms with Crippen LogP contribution >= 0.6 is 11.3 Å². The number of nitrogens with zero attached hydrogens (tertiary/aromatic N) is 4. The summed E-state index contributed by atoms with van der Waals surface area (Å²) < 4.78 is 2.37. The van der Waals surface area contributed by atoms with E-state index in [-0.39, 0.29) is 17.7 Å². The molecule has 42 heavy (non-hydrogen) atoms. The summed E-state index contributed by atoms with van der Waals surface area (Å²) in [6.45, 7) is 16.4. The van der Waals surface area contributed by atoms with Gasteiger partial charge in [0.15, 0.2) is 0 Å². The van der Waals surface area contributed by atoms with Crippen molar-refractivity contribution in [1.29, 1.82) is 0 Å². The lowest BCUT2D eigenvalue weighted by molar-refractivity contribution is -0.135. The van der Waals surface area contributed by atoms with Gasteiger partial charge < -0.3 is 14.8 Å². The molecule has 4 rings (SSSR count). The molecule has 3 heterocycles. The maximum Gasteiger partial charge on any atom is 0.252 e. The number of hydrogen-bond donors (Lipinski definition) is 1. The number of nitrogens with one attached hydrogen (secondary N) is 1. The third kappa shape index (κ3) is 7.62. The number of piperazine rings is 1. The molecule has 1 N–H and O–H groups in total. The van der Waals surface area contributed by atoms with Crippen LogP contribution in [0.3, 0.4) is 0 Å². The van der Waals surface area contributed by atoms with E-state index in [0.717, 1.165) is 68.7 Å². The van der Waals surface area contributed by atoms with Gasteiger partial charge in [0.25, 0.3) is 5.91 Å². The molecule has 2 atom stereocenters. The average molecular weight is 594 g/mol. The predicted octanol–water partition coefficient (Wildman–Crippen LogP) is 6.92. The van der Waals surface area contributed by atoms with Crippen LogP contribution in [0.2, 0.25) is 0 Å². The Labute approximate surface area is 256 Å². The molecular formula is C34H51N5O2S. The Morgan fingerprint density at radius 1 is 0.976 bits per heavy atom. The standard InChI is InChI=1S/C34H51N5O2S/c1-7-12-27(10-4)37-16-18-38(19-17-37)34(41)30(21-24(5)6)36-33(40)25-14-15-31-29(22-25)35-32(23-28-13-11-20-42-28)39(31)26(8-2)9-3/h11,13-15,20,22,24,26-27,30H,7-10,12,16-19,21,23H2,1-6H3,(H,36,40)/t27?,30-/m0/s1. The van der Waals surface area contributed by atoms with E-state index in [0.29, 0.717) is 24.1 Å². The quantitative estimate of drug-likeness (QED) is 0.220. The van der Waals surface area contributed by atoms with Gasteiger partial charge in [0.2, 0.25) is 5.91 Å². The van der Waals surface area contributed by atoms with Crippen molar-refractivity contribution in [3.63, 3.8) is 0 Å². The minimum atomic E-state index is -0.533. The molecular weight excluding hydrogens is 542 g/mol. The maximum absolute atomic E-state index is 13.7. The highest BCUT2D eigenvalue weighted by molar-refractivity contribution is 7.09. The number of carbonyl (C=O) groups is 2. The van der Waals surface area contributed by atoms with Crippen LogP contribution in [0.1, 0.15) is 107 Å². The Balaban J connectivity index is 1.52. The third-order valence-corrected chi connectivity index (χ3v) is 9.67. The van der Waals surface area contributed by atoms with Crippen molar-refractivity contribution >= 4 is 34.2 Å². The molecule has 3 aromatic rings. The van der Waals surface area contributed by atoms with Crippen LogP contribution in [0.15, 0.2) is 35.7 Å². The summed E-state index contributed by atoms with van der Waals surface area (Å²) >= 11 is 1.75. The number of fused-ring (bicyclic) bond motifs is 1. The fraction of sp³-hybridized carbons (Fsp3) is 0.618. The molecule has 8 heteroatoms. The van der Waals surface area contributed by atoms with E-state index in [9.17, 15) is 9.59 Å². The van der Waals surface area contributed by atoms with E-state index in [1.807, 2.05) is 23.1 Å². The van der Waals surface area contributed by atoms with E-state index in [4.69, 9.17) is 4.98 Å². The molecule has 7 nitrogen and oxygen atoms in total. The minimum absolute atomic E-state index is 0.0394. The molecule has 1 saturated heterocycles. The van der Waals surface area contributed by atoms with Crippen LogP contribution in [0.25, 0.3) is 11.0 Å². The van der Waals surface area contributed by atoms with Gasteiger partial charge in [-0.3, -0.25) is 14.5 Å². The topological polar surface area (TPSA) is 70.5 Å². The molecule has 0 saturated carbocycles. The van der Waals surface area contributed by atoms with E-state index in [2.05, 4.69) is 73.8 Å². The Hall–Kier alpha value is -2.71. The van der Waals surface area contributed by atoms with Crippen molar-refractivity contribution in [2.75, 3.05) is 26.2 Å². The second-order valence-electron chi connectivity index (χ2n) is 12.2. The highest BCUT2D eigenvalue weighted by Crippen LogP contribution is 2.28. The van der Waals surface area contributed by atoms with E-state index in [1.54, 1.807) is 11.3 Å². The van der Waals surface area contributed by atoms with Gasteiger partial charge >= 0.3 is 0 Å². The highest BCUT2D eigenvalue weighted by Gasteiger charge is 2.31. The number of thiophene rings is 1. The van der Waals surface area contributed by atoms with E-state index >= 15 is 0 Å². The molecule has 230 valence electrons. The van der Waals surface area contributed by atoms with E-state index in [1.165, 1.54) is 17.7 Å². The molecule has 1 unspecified atom stereocenters. The third-order valence-electron chi connectivity index (χ3n) is 8.79. The number of imidazole rings is 1. The zero-order chi connectivity index (χ0) is 30.2. The van der Waals surface area contributed by atoms with Gasteiger partial charge in [0, 0.05) is 55.1 Å². The van der Waals surface area contributed by atoms with Crippen molar-refractivity contribution in [2.45, 2.75) is 105 Å². The number of hydrogen-bond acceptors (Lipinski definition) is 5. The highest BCUT2D eigenvalue weighted by atomic mass is 32.1. The van der Waals surface area contributed by atoms with Crippen LogP contribution in [-0.4, -0.2) is 69.4 Å². The molecule has 1 fully saturated rings. The molecule has 0 spiro atoms. The normalized spacial score (nSPS) is 16.0. The molecule has 1 aliphatic heterocycles. The first-order chi connectivity index (χ1) is 20.3. The molecule has 2 amide bonds. The van der Waals surface area contributed by atoms with Gasteiger partial charge in [-0.15, -0.1) is 11.3 Å². The van der Waals surface area contributed by atoms with Gasteiger partial charge in [0.05, 0.1) is 11.0 Å². The summed E-state index contributed by atoms with van der Waals surface area (Å²) in [4.78, 5) is 38.1. The first kappa shape index (κ1) is 32.2. The van der Waals surface area contributed by atoms with Crippen molar-refractivity contribution in [3.05, 3.63) is 52.0 Å². The largest absolute Gasteiger partial charge is 0.340 e. The number of carbonyl (C=O) groups excluding carboxylic acids is 2. The molecule has 0 radical (unpaired) electrons. The second kappa shape index (κ2) is 15.1. The molecule has 1 aromatic carbocycles. The fourth-order valence-corrected chi connectivity index (χ4v) is 7.19. The lowest BCUT2D eigenvalue weighted by Crippen LogP contribution is -2.56. The van der Waals surface area contributed by atoms with Crippen LogP contribution in [-0.2, 0) is 11.2 Å². The van der Waals surface area contributed by atoms with Crippen LogP contribution < -0.4 is 5.32 Å². The molecule has 0 aliphatic carbocycles. The van der Waals surface area contributed by atoms with Crippen molar-refractivity contribution in [2.24, 2.45) is 5.92 Å². The van der Waals surface area contributed by atoms with Crippen molar-refractivity contribution < 1.29 is 9.59 Å². The Morgan fingerprint density at radius 2 is 1.69 bits per heavy atom. The predicted molar refractivity (Wildman–Crippen MR) is 174 cm³/mol. The van der Waals surface area contributed by atoms with Crippen LogP contribution in [0, 0.1) is 5.92 Å². The average Bonchev–Trinajstić information content (AvgIpc) is 3.63. The lowest BCUT2D eigenvalue weighted by Gasteiger charge is -2.40. The Bertz CT molecular complexity index is 1290. The minimum Gasteiger partial charge on any atom is -0.340 e. The zero-order valence-electron chi connectivity index (χ0n) is 26.6. The fourth-order valence-electron chi connectivity index (χ4n) is 6.49. The molecule has 1 aliphatic rings. The Morgan fingerprint density at radius 3 is 2.29 bits per heavy atom. The van der Waals surface area contributed by atoms with Gasteiger partial charge in [-0.05, 0) is 67.7 Å². The summed E-state index contributed by atoms with van der Waals surface area (Å²) in [5.74, 6) is 1.15. The van der Waals surface area contributed by atoms with Gasteiger partial charge in [-0.25, -0.2) is 4.98 Å². The number of benzene rings is 1. The number of amides is 2. The molecule has 0 bridgehead atoms. The number of rotatable bonds is 14. The SMILES string of the molecule is CCCC(CC)N1CCN(C(=O)[C@H](CC(C)C)NC(=O)c2ccc3c(c2)nc(Cc2cccs2)n3C(CC)CC)CC1. The van der Waals surface area contributed by atoms with E-state index < -0.39 is 6.04 Å². The lowest BCUT2D eigenvalue weighted by atomic mass is 10.0. The van der Waals surface area contributed by atoms with Crippen LogP contribution in [0.4, 0.5) is 0 Å². The van der Waals surface area contributed by atoms with Gasteiger partial charge in [-0.2, -0.15) is 0 Å². The first-order valence-corrected chi connectivity index (χ1v) is 17.0. The zero-order valence-corrected chi connectivity index (χ0v) is 27.4. The van der Waals surface area contributed by atoms with Crippen LogP contribution in [0.5, 0.6) is 0 Å². The van der Waals surface area contributed by atoms with Crippen molar-refractivity contribution in [1.82, 2.24) is 24.7 Å². The summed E-state index contributed by atoms with van der Waals surface area (Å²) in [5.41, 5.74) is 2.45. The van der Waals surface area contributed by atoms with Crippen molar-refractivity contribution in [3.8, 4) is 0 Å². The summed E-state index contributed by atoms with van der Waals surface area (Å²) in [6, 6.07) is 10.5.